The number of halogens is 1. The van der Waals surface area contributed by atoms with E-state index < -0.39 is 0 Å². The lowest BCUT2D eigenvalue weighted by molar-refractivity contribution is -0.118. The van der Waals surface area contributed by atoms with Crippen molar-refractivity contribution in [3.05, 3.63) is 58.6 Å². The molecule has 1 aliphatic rings. The lowest BCUT2D eigenvalue weighted by atomic mass is 10.1. The topological polar surface area (TPSA) is 72.3 Å². The number of benzene rings is 2. The molecule has 1 heterocycles. The van der Waals surface area contributed by atoms with Gasteiger partial charge in [0.15, 0.2) is 16.7 Å². The third-order valence-corrected chi connectivity index (χ3v) is 5.16. The zero-order valence-corrected chi connectivity index (χ0v) is 16.4. The van der Waals surface area contributed by atoms with Gasteiger partial charge < -0.3 is 14.8 Å². The molecule has 8 heteroatoms. The van der Waals surface area contributed by atoms with E-state index in [2.05, 4.69) is 15.5 Å². The summed E-state index contributed by atoms with van der Waals surface area (Å²) in [6, 6.07) is 12.9. The second kappa shape index (κ2) is 8.92. The molecule has 140 valence electrons. The Morgan fingerprint density at radius 2 is 2.00 bits per heavy atom. The first-order chi connectivity index (χ1) is 13.1. The summed E-state index contributed by atoms with van der Waals surface area (Å²) in [6.07, 6.45) is 2.17. The van der Waals surface area contributed by atoms with E-state index in [0.717, 1.165) is 11.1 Å². The summed E-state index contributed by atoms with van der Waals surface area (Å²) < 4.78 is 10.5. The summed E-state index contributed by atoms with van der Waals surface area (Å²) in [7, 11) is 3.15. The lowest BCUT2D eigenvalue weighted by Gasteiger charge is -2.07. The largest absolute Gasteiger partial charge is 0.493 e. The van der Waals surface area contributed by atoms with Crippen LogP contribution in [0.3, 0.4) is 0 Å². The number of amidine groups is 1. The summed E-state index contributed by atoms with van der Waals surface area (Å²) in [5.41, 5.74) is 1.81. The lowest BCUT2D eigenvalue weighted by Crippen LogP contribution is -2.25. The summed E-state index contributed by atoms with van der Waals surface area (Å²) in [6.45, 7) is 0. The Morgan fingerprint density at radius 3 is 2.74 bits per heavy atom. The van der Waals surface area contributed by atoms with Crippen LogP contribution in [0.4, 0.5) is 0 Å². The second-order valence-corrected chi connectivity index (χ2v) is 7.32. The Bertz CT molecular complexity index is 902. The Balaban J connectivity index is 1.64. The van der Waals surface area contributed by atoms with Crippen LogP contribution in [0.5, 0.6) is 11.5 Å². The van der Waals surface area contributed by atoms with Crippen molar-refractivity contribution < 1.29 is 14.3 Å². The summed E-state index contributed by atoms with van der Waals surface area (Å²) >= 11 is 7.35. The van der Waals surface area contributed by atoms with E-state index >= 15 is 0 Å². The number of nitrogens with zero attached hydrogens (tertiary/aromatic N) is 2. The minimum absolute atomic E-state index is 0.0833. The molecule has 1 saturated heterocycles. The first-order valence-corrected chi connectivity index (χ1v) is 9.40. The maximum Gasteiger partial charge on any atom is 0.239 e. The molecule has 3 rings (SSSR count). The van der Waals surface area contributed by atoms with Crippen LogP contribution >= 0.6 is 23.4 Å². The van der Waals surface area contributed by atoms with Crippen molar-refractivity contribution in [2.45, 2.75) is 11.7 Å². The van der Waals surface area contributed by atoms with Crippen LogP contribution in [0, 0.1) is 0 Å². The number of carbonyl (C=O) groups excluding carboxylic acids is 1. The van der Waals surface area contributed by atoms with Crippen LogP contribution in [-0.2, 0) is 11.2 Å². The summed E-state index contributed by atoms with van der Waals surface area (Å²) in [4.78, 5) is 12.1. The van der Waals surface area contributed by atoms with Gasteiger partial charge in [0.05, 0.1) is 25.7 Å². The molecule has 1 aliphatic heterocycles. The van der Waals surface area contributed by atoms with Gasteiger partial charge in [-0.15, -0.1) is 5.10 Å². The van der Waals surface area contributed by atoms with Crippen LogP contribution < -0.4 is 14.8 Å². The molecular weight excluding hydrogens is 386 g/mol. The number of ether oxygens (including phenoxy) is 2. The number of thioether (sulfide) groups is 1. The standard InChI is InChI=1S/C19H18ClN3O3S/c1-25-15-7-6-13(9-16(15)26-2)11-21-23-19-22-18(24)17(27-19)10-12-4-3-5-14(20)8-12/h3-9,11,17H,10H2,1-2H3,(H,22,23,24)/b21-11-/t17-/m1/s1. The van der Waals surface area contributed by atoms with Crippen molar-refractivity contribution in [2.24, 2.45) is 10.2 Å². The molecule has 0 spiro atoms. The number of hydrogen-bond donors (Lipinski definition) is 1. The third kappa shape index (κ3) is 5.02. The molecule has 0 aliphatic carbocycles. The SMILES string of the molecule is COc1ccc(/C=N\N=C2/NC(=O)[C@@H](Cc3cccc(Cl)c3)S2)cc1OC. The van der Waals surface area contributed by atoms with Crippen molar-refractivity contribution in [1.82, 2.24) is 5.32 Å². The minimum Gasteiger partial charge on any atom is -0.493 e. The van der Waals surface area contributed by atoms with Gasteiger partial charge in [0, 0.05) is 5.02 Å². The van der Waals surface area contributed by atoms with E-state index in [-0.39, 0.29) is 11.2 Å². The summed E-state index contributed by atoms with van der Waals surface area (Å²) in [5.74, 6) is 1.17. The van der Waals surface area contributed by atoms with Crippen molar-refractivity contribution in [3.63, 3.8) is 0 Å². The Labute approximate surface area is 166 Å². The maximum absolute atomic E-state index is 12.1. The minimum atomic E-state index is -0.251. The highest BCUT2D eigenvalue weighted by atomic mass is 35.5. The quantitative estimate of drug-likeness (QED) is 0.591. The molecule has 1 amide bonds. The fourth-order valence-electron chi connectivity index (χ4n) is 2.55. The molecule has 1 fully saturated rings. The Morgan fingerprint density at radius 1 is 1.19 bits per heavy atom. The van der Waals surface area contributed by atoms with Gasteiger partial charge in [-0.05, 0) is 47.9 Å². The number of nitrogens with one attached hydrogen (secondary N) is 1. The first-order valence-electron chi connectivity index (χ1n) is 8.14. The van der Waals surface area contributed by atoms with E-state index in [1.807, 2.05) is 30.3 Å². The van der Waals surface area contributed by atoms with Gasteiger partial charge in [-0.2, -0.15) is 5.10 Å². The maximum atomic E-state index is 12.1. The molecule has 27 heavy (non-hydrogen) atoms. The molecule has 2 aromatic carbocycles. The monoisotopic (exact) mass is 403 g/mol. The zero-order valence-electron chi connectivity index (χ0n) is 14.8. The van der Waals surface area contributed by atoms with Gasteiger partial charge in [0.25, 0.3) is 0 Å². The van der Waals surface area contributed by atoms with Crippen LogP contribution in [0.1, 0.15) is 11.1 Å². The van der Waals surface area contributed by atoms with Gasteiger partial charge >= 0.3 is 0 Å². The molecular formula is C19H18ClN3O3S. The molecule has 0 saturated carbocycles. The van der Waals surface area contributed by atoms with E-state index in [1.54, 1.807) is 32.6 Å². The van der Waals surface area contributed by atoms with E-state index in [4.69, 9.17) is 21.1 Å². The highest BCUT2D eigenvalue weighted by Crippen LogP contribution is 2.27. The highest BCUT2D eigenvalue weighted by molar-refractivity contribution is 8.15. The van der Waals surface area contributed by atoms with Gasteiger partial charge in [-0.1, -0.05) is 35.5 Å². The number of amides is 1. The van der Waals surface area contributed by atoms with E-state index in [0.29, 0.717) is 28.1 Å². The molecule has 1 N–H and O–H groups in total. The molecule has 6 nitrogen and oxygen atoms in total. The summed E-state index contributed by atoms with van der Waals surface area (Å²) in [5, 5.41) is 11.8. The fourth-order valence-corrected chi connectivity index (χ4v) is 3.72. The van der Waals surface area contributed by atoms with Crippen molar-refractivity contribution >= 4 is 40.7 Å². The van der Waals surface area contributed by atoms with Crippen LogP contribution in [0.2, 0.25) is 5.02 Å². The van der Waals surface area contributed by atoms with Gasteiger partial charge in [-0.3, -0.25) is 4.79 Å². The van der Waals surface area contributed by atoms with E-state index in [9.17, 15) is 4.79 Å². The number of rotatable bonds is 6. The predicted molar refractivity (Wildman–Crippen MR) is 109 cm³/mol. The number of hydrogen-bond acceptors (Lipinski definition) is 6. The third-order valence-electron chi connectivity index (χ3n) is 3.85. The fraction of sp³-hybridized carbons (Fsp3) is 0.211. The molecule has 0 unspecified atom stereocenters. The average Bonchev–Trinajstić information content (AvgIpc) is 3.01. The van der Waals surface area contributed by atoms with Crippen LogP contribution in [-0.4, -0.2) is 36.8 Å². The predicted octanol–water partition coefficient (Wildman–Crippen LogP) is 3.52. The van der Waals surface area contributed by atoms with Crippen LogP contribution in [0.15, 0.2) is 52.7 Å². The van der Waals surface area contributed by atoms with Crippen molar-refractivity contribution in [1.29, 1.82) is 0 Å². The smallest absolute Gasteiger partial charge is 0.239 e. The number of carbonyl (C=O) groups is 1. The second-order valence-electron chi connectivity index (χ2n) is 5.69. The van der Waals surface area contributed by atoms with Crippen molar-refractivity contribution in [2.75, 3.05) is 14.2 Å². The van der Waals surface area contributed by atoms with Gasteiger partial charge in [0.1, 0.15) is 0 Å². The van der Waals surface area contributed by atoms with Crippen molar-refractivity contribution in [3.8, 4) is 11.5 Å². The molecule has 2 aromatic rings. The molecule has 0 aromatic heterocycles. The Hall–Kier alpha value is -2.51. The average molecular weight is 404 g/mol. The van der Waals surface area contributed by atoms with Gasteiger partial charge in [-0.25, -0.2) is 0 Å². The van der Waals surface area contributed by atoms with E-state index in [1.165, 1.54) is 11.8 Å². The normalized spacial score (nSPS) is 18.1. The Kier molecular flexibility index (Phi) is 6.36. The number of methoxy groups -OCH3 is 2. The highest BCUT2D eigenvalue weighted by Gasteiger charge is 2.30. The first kappa shape index (κ1) is 19.3. The van der Waals surface area contributed by atoms with Crippen LogP contribution in [0.25, 0.3) is 0 Å². The molecule has 1 atom stereocenters. The van der Waals surface area contributed by atoms with Gasteiger partial charge in [0.2, 0.25) is 5.91 Å². The molecule has 0 radical (unpaired) electrons. The molecule has 0 bridgehead atoms. The zero-order chi connectivity index (χ0) is 19.2.